The number of allylic oxidation sites excluding steroid dienone is 5. The quantitative estimate of drug-likeness (QED) is 0.766. The van der Waals surface area contributed by atoms with Crippen LogP contribution >= 0.6 is 34.8 Å². The van der Waals surface area contributed by atoms with Gasteiger partial charge in [-0.25, -0.2) is 0 Å². The average Bonchev–Trinajstić information content (AvgIpc) is 2.52. The van der Waals surface area contributed by atoms with Crippen LogP contribution < -0.4 is 0 Å². The van der Waals surface area contributed by atoms with Gasteiger partial charge in [0.1, 0.15) is 15.1 Å². The Bertz CT molecular complexity index is 705. The highest BCUT2D eigenvalue weighted by Gasteiger charge is 2.30. The molecule has 0 aliphatic heterocycles. The summed E-state index contributed by atoms with van der Waals surface area (Å²) >= 11 is 17.3. The number of carbonyl (C=O) groups excluding carboxylic acids is 2. The maximum Gasteiger partial charge on any atom is 0.218 e. The molecule has 3 nitrogen and oxygen atoms in total. The Labute approximate surface area is 143 Å². The molecule has 22 heavy (non-hydrogen) atoms. The lowest BCUT2D eigenvalue weighted by molar-refractivity contribution is -0.115. The number of hydrogen-bond acceptors (Lipinski definition) is 3. The monoisotopic (exact) mass is 355 g/mol. The third-order valence-electron chi connectivity index (χ3n) is 3.04. The second-order valence-corrected chi connectivity index (χ2v) is 5.86. The second-order valence-electron chi connectivity index (χ2n) is 4.73. The van der Waals surface area contributed by atoms with Gasteiger partial charge in [0.05, 0.1) is 0 Å². The van der Waals surface area contributed by atoms with E-state index in [-0.39, 0.29) is 20.7 Å². The van der Waals surface area contributed by atoms with Crippen LogP contribution in [0.5, 0.6) is 0 Å². The van der Waals surface area contributed by atoms with E-state index in [4.69, 9.17) is 34.8 Å². The van der Waals surface area contributed by atoms with Crippen LogP contribution in [0.2, 0.25) is 0 Å². The number of rotatable bonds is 4. The highest BCUT2D eigenvalue weighted by molar-refractivity contribution is 6.64. The van der Waals surface area contributed by atoms with E-state index in [9.17, 15) is 9.59 Å². The van der Waals surface area contributed by atoms with Crippen molar-refractivity contribution in [2.24, 2.45) is 0 Å². The maximum absolute atomic E-state index is 12.0. The van der Waals surface area contributed by atoms with E-state index >= 15 is 0 Å². The minimum atomic E-state index is -0.640. The molecule has 0 saturated heterocycles. The van der Waals surface area contributed by atoms with Crippen molar-refractivity contribution < 1.29 is 9.59 Å². The van der Waals surface area contributed by atoms with Gasteiger partial charge >= 0.3 is 0 Å². The summed E-state index contributed by atoms with van der Waals surface area (Å²) < 4.78 is 0. The molecule has 0 bridgehead atoms. The van der Waals surface area contributed by atoms with Gasteiger partial charge in [-0.1, -0.05) is 65.1 Å². The first-order valence-electron chi connectivity index (χ1n) is 6.38. The van der Waals surface area contributed by atoms with Crippen LogP contribution in [0.15, 0.2) is 63.3 Å². The first kappa shape index (κ1) is 16.8. The van der Waals surface area contributed by atoms with Crippen molar-refractivity contribution in [2.75, 3.05) is 7.05 Å². The fourth-order valence-electron chi connectivity index (χ4n) is 1.91. The molecule has 0 amide bonds. The number of ketones is 2. The molecule has 1 aromatic rings. The Hall–Kier alpha value is -1.55. The topological polar surface area (TPSA) is 37.4 Å². The smallest absolute Gasteiger partial charge is 0.218 e. The summed E-state index contributed by atoms with van der Waals surface area (Å²) in [6, 6.07) is 9.81. The molecule has 114 valence electrons. The number of nitrogens with zero attached hydrogens (tertiary/aromatic N) is 1. The molecule has 1 aliphatic carbocycles. The predicted octanol–water partition coefficient (Wildman–Crippen LogP) is 3.97. The molecule has 0 N–H and O–H groups in total. The Morgan fingerprint density at radius 3 is 2.18 bits per heavy atom. The van der Waals surface area contributed by atoms with Crippen molar-refractivity contribution in [3.63, 3.8) is 0 Å². The largest absolute Gasteiger partial charge is 0.376 e. The van der Waals surface area contributed by atoms with Crippen LogP contribution in [0.1, 0.15) is 5.56 Å². The van der Waals surface area contributed by atoms with E-state index < -0.39 is 11.6 Å². The molecule has 2 rings (SSSR count). The number of carbonyl (C=O) groups is 2. The molecule has 0 heterocycles. The van der Waals surface area contributed by atoms with Crippen molar-refractivity contribution >= 4 is 46.4 Å². The lowest BCUT2D eigenvalue weighted by atomic mass is 10.0. The molecule has 0 aromatic heterocycles. The van der Waals surface area contributed by atoms with Gasteiger partial charge in [0.2, 0.25) is 11.6 Å². The number of benzene rings is 1. The van der Waals surface area contributed by atoms with E-state index in [1.807, 2.05) is 42.3 Å². The van der Waals surface area contributed by atoms with Crippen LogP contribution in [0.3, 0.4) is 0 Å². The lowest BCUT2D eigenvalue weighted by Crippen LogP contribution is -2.17. The minimum absolute atomic E-state index is 0.0426. The van der Waals surface area contributed by atoms with E-state index in [1.165, 1.54) is 6.08 Å². The first-order valence-corrected chi connectivity index (χ1v) is 7.52. The molecular weight excluding hydrogens is 345 g/mol. The molecule has 0 spiro atoms. The summed E-state index contributed by atoms with van der Waals surface area (Å²) in [5.41, 5.74) is 1.16. The average molecular weight is 357 g/mol. The first-order chi connectivity index (χ1) is 10.4. The molecule has 0 unspecified atom stereocenters. The van der Waals surface area contributed by atoms with Crippen LogP contribution in [0.4, 0.5) is 0 Å². The second kappa shape index (κ2) is 7.14. The van der Waals surface area contributed by atoms with Gasteiger partial charge in [-0.15, -0.1) is 0 Å². The molecule has 0 saturated carbocycles. The molecular formula is C16H12Cl3NO2. The third-order valence-corrected chi connectivity index (χ3v) is 4.24. The van der Waals surface area contributed by atoms with Crippen molar-refractivity contribution in [1.29, 1.82) is 0 Å². The highest BCUT2D eigenvalue weighted by Crippen LogP contribution is 2.31. The summed E-state index contributed by atoms with van der Waals surface area (Å²) in [6.07, 6.45) is 3.14. The highest BCUT2D eigenvalue weighted by atomic mass is 35.5. The van der Waals surface area contributed by atoms with E-state index in [2.05, 4.69) is 0 Å². The summed E-state index contributed by atoms with van der Waals surface area (Å²) in [7, 11) is 1.84. The summed E-state index contributed by atoms with van der Waals surface area (Å²) in [6.45, 7) is 0.648. The molecule has 0 fully saturated rings. The molecule has 1 aromatic carbocycles. The fourth-order valence-corrected chi connectivity index (χ4v) is 2.57. The van der Waals surface area contributed by atoms with Crippen molar-refractivity contribution in [2.45, 2.75) is 6.54 Å². The zero-order valence-corrected chi connectivity index (χ0v) is 13.9. The normalized spacial score (nSPS) is 16.0. The van der Waals surface area contributed by atoms with Crippen LogP contribution in [0, 0.1) is 0 Å². The van der Waals surface area contributed by atoms with Crippen LogP contribution in [-0.2, 0) is 16.1 Å². The standard InChI is InChI=1S/C16H12Cl3NO2/c1-20(9-10-5-3-2-4-6-10)8-7-11-12(17)16(22)14(19)13(18)15(11)21/h2-8H,9H2,1H3/b8-7+. The Balaban J connectivity index is 2.15. The Kier molecular flexibility index (Phi) is 5.46. The van der Waals surface area contributed by atoms with Crippen molar-refractivity contribution in [1.82, 2.24) is 4.90 Å². The number of halogens is 3. The van der Waals surface area contributed by atoms with Gasteiger partial charge in [-0.2, -0.15) is 0 Å². The summed E-state index contributed by atoms with van der Waals surface area (Å²) in [4.78, 5) is 25.6. The van der Waals surface area contributed by atoms with Crippen LogP contribution in [0.25, 0.3) is 0 Å². The lowest BCUT2D eigenvalue weighted by Gasteiger charge is -2.16. The predicted molar refractivity (Wildman–Crippen MR) is 88.7 cm³/mol. The summed E-state index contributed by atoms with van der Waals surface area (Å²) in [5, 5.41) is -0.864. The fraction of sp³-hybridized carbons (Fsp3) is 0.125. The molecule has 1 aliphatic rings. The van der Waals surface area contributed by atoms with E-state index in [1.54, 1.807) is 6.20 Å². The van der Waals surface area contributed by atoms with Gasteiger partial charge < -0.3 is 4.90 Å². The number of hydrogen-bond donors (Lipinski definition) is 0. The van der Waals surface area contributed by atoms with E-state index in [0.29, 0.717) is 6.54 Å². The van der Waals surface area contributed by atoms with Gasteiger partial charge in [-0.05, 0) is 17.8 Å². The number of Topliss-reactive ketones (excluding diaryl/α,β-unsaturated/α-hetero) is 2. The van der Waals surface area contributed by atoms with Gasteiger partial charge in [0, 0.05) is 19.2 Å². The SMILES string of the molecule is CN(/C=C/C1=C(Cl)C(=O)C(Cl)=C(Cl)C1=O)Cc1ccccc1. The zero-order chi connectivity index (χ0) is 16.3. The Morgan fingerprint density at radius 1 is 0.955 bits per heavy atom. The maximum atomic E-state index is 12.0. The van der Waals surface area contributed by atoms with Gasteiger partial charge in [-0.3, -0.25) is 9.59 Å². The molecule has 0 radical (unpaired) electrons. The van der Waals surface area contributed by atoms with Crippen molar-refractivity contribution in [3.05, 3.63) is 68.8 Å². The summed E-state index contributed by atoms with van der Waals surface area (Å²) in [5.74, 6) is -1.20. The molecule has 0 atom stereocenters. The van der Waals surface area contributed by atoms with Crippen molar-refractivity contribution in [3.8, 4) is 0 Å². The third kappa shape index (κ3) is 3.61. The Morgan fingerprint density at radius 2 is 1.55 bits per heavy atom. The minimum Gasteiger partial charge on any atom is -0.376 e. The van der Waals surface area contributed by atoms with Gasteiger partial charge in [0.15, 0.2) is 0 Å². The van der Waals surface area contributed by atoms with E-state index in [0.717, 1.165) is 5.56 Å². The molecule has 6 heteroatoms. The van der Waals surface area contributed by atoms with Gasteiger partial charge in [0.25, 0.3) is 0 Å². The van der Waals surface area contributed by atoms with Crippen LogP contribution in [-0.4, -0.2) is 23.5 Å². The zero-order valence-electron chi connectivity index (χ0n) is 11.6.